The SMILES string of the molecule is C=C(C)C(=O)N(Cc1ccccc1)c1ccccc1C#Cc1ccccc1. The molecular formula is C25H21NO. The standard InChI is InChI=1S/C25H21NO/c1-20(2)25(27)26(19-22-13-7-4-8-14-22)24-16-10-9-15-23(24)18-17-21-11-5-3-6-12-21/h3-16H,1,19H2,2H3. The number of nitrogens with zero attached hydrogens (tertiary/aromatic N) is 1. The highest BCUT2D eigenvalue weighted by Crippen LogP contribution is 2.23. The van der Waals surface area contributed by atoms with Crippen molar-refractivity contribution in [1.29, 1.82) is 0 Å². The second-order valence-electron chi connectivity index (χ2n) is 6.29. The normalized spacial score (nSPS) is 9.81. The number of amides is 1. The smallest absolute Gasteiger partial charge is 0.253 e. The molecule has 0 aromatic heterocycles. The average molecular weight is 351 g/mol. The van der Waals surface area contributed by atoms with Gasteiger partial charge in [0, 0.05) is 16.7 Å². The van der Waals surface area contributed by atoms with Gasteiger partial charge in [0.1, 0.15) is 0 Å². The van der Waals surface area contributed by atoms with E-state index in [2.05, 4.69) is 18.4 Å². The van der Waals surface area contributed by atoms with Gasteiger partial charge in [-0.15, -0.1) is 0 Å². The van der Waals surface area contributed by atoms with Crippen LogP contribution in [-0.4, -0.2) is 5.91 Å². The van der Waals surface area contributed by atoms with Gasteiger partial charge in [-0.05, 0) is 36.8 Å². The van der Waals surface area contributed by atoms with E-state index in [-0.39, 0.29) is 5.91 Å². The molecule has 0 aliphatic carbocycles. The maximum absolute atomic E-state index is 12.9. The molecule has 0 bridgehead atoms. The van der Waals surface area contributed by atoms with Crippen molar-refractivity contribution < 1.29 is 4.79 Å². The third-order valence-corrected chi connectivity index (χ3v) is 4.10. The van der Waals surface area contributed by atoms with Crippen LogP contribution in [0.1, 0.15) is 23.6 Å². The van der Waals surface area contributed by atoms with Crippen molar-refractivity contribution in [3.05, 3.63) is 114 Å². The van der Waals surface area contributed by atoms with E-state index in [9.17, 15) is 4.79 Å². The molecule has 0 aliphatic rings. The molecule has 0 saturated heterocycles. The van der Waals surface area contributed by atoms with Crippen LogP contribution >= 0.6 is 0 Å². The van der Waals surface area contributed by atoms with Crippen molar-refractivity contribution in [2.24, 2.45) is 0 Å². The van der Waals surface area contributed by atoms with Gasteiger partial charge >= 0.3 is 0 Å². The molecule has 27 heavy (non-hydrogen) atoms. The Kier molecular flexibility index (Phi) is 5.87. The van der Waals surface area contributed by atoms with Gasteiger partial charge in [-0.2, -0.15) is 0 Å². The largest absolute Gasteiger partial charge is 0.303 e. The van der Waals surface area contributed by atoms with E-state index >= 15 is 0 Å². The highest BCUT2D eigenvalue weighted by atomic mass is 16.2. The van der Waals surface area contributed by atoms with E-state index in [0.717, 1.165) is 22.4 Å². The summed E-state index contributed by atoms with van der Waals surface area (Å²) < 4.78 is 0. The van der Waals surface area contributed by atoms with Crippen molar-refractivity contribution >= 4 is 11.6 Å². The van der Waals surface area contributed by atoms with Crippen molar-refractivity contribution in [2.45, 2.75) is 13.5 Å². The molecule has 1 amide bonds. The fourth-order valence-corrected chi connectivity index (χ4v) is 2.74. The Morgan fingerprint density at radius 2 is 1.44 bits per heavy atom. The first-order chi connectivity index (χ1) is 13.1. The van der Waals surface area contributed by atoms with Crippen LogP contribution in [0.4, 0.5) is 5.69 Å². The molecule has 2 heteroatoms. The fourth-order valence-electron chi connectivity index (χ4n) is 2.74. The molecule has 0 aliphatic heterocycles. The van der Waals surface area contributed by atoms with Gasteiger partial charge in [0.05, 0.1) is 12.2 Å². The van der Waals surface area contributed by atoms with Gasteiger partial charge in [0.25, 0.3) is 5.91 Å². The van der Waals surface area contributed by atoms with Crippen molar-refractivity contribution in [3.63, 3.8) is 0 Å². The summed E-state index contributed by atoms with van der Waals surface area (Å²) in [4.78, 5) is 14.6. The highest BCUT2D eigenvalue weighted by molar-refractivity contribution is 6.05. The topological polar surface area (TPSA) is 20.3 Å². The van der Waals surface area contributed by atoms with Crippen LogP contribution in [-0.2, 0) is 11.3 Å². The van der Waals surface area contributed by atoms with Crippen LogP contribution in [0.3, 0.4) is 0 Å². The first-order valence-corrected chi connectivity index (χ1v) is 8.82. The van der Waals surface area contributed by atoms with Crippen LogP contribution < -0.4 is 4.90 Å². The zero-order valence-corrected chi connectivity index (χ0v) is 15.4. The van der Waals surface area contributed by atoms with Gasteiger partial charge in [0.2, 0.25) is 0 Å². The lowest BCUT2D eigenvalue weighted by atomic mass is 10.1. The zero-order valence-electron chi connectivity index (χ0n) is 15.4. The Bertz CT molecular complexity index is 994. The van der Waals surface area contributed by atoms with Gasteiger partial charge in [0.15, 0.2) is 0 Å². The number of anilines is 1. The molecule has 3 rings (SSSR count). The molecule has 3 aromatic rings. The van der Waals surface area contributed by atoms with E-state index in [4.69, 9.17) is 0 Å². The Balaban J connectivity index is 2.01. The Labute approximate surface area is 160 Å². The number of hydrogen-bond acceptors (Lipinski definition) is 1. The molecule has 0 unspecified atom stereocenters. The van der Waals surface area contributed by atoms with Crippen LogP contribution in [0, 0.1) is 11.8 Å². The number of rotatable bonds is 4. The quantitative estimate of drug-likeness (QED) is 0.467. The van der Waals surface area contributed by atoms with Gasteiger partial charge in [-0.3, -0.25) is 4.79 Å². The third-order valence-electron chi connectivity index (χ3n) is 4.10. The Hall–Kier alpha value is -3.57. The Morgan fingerprint density at radius 3 is 2.11 bits per heavy atom. The molecule has 0 heterocycles. The molecule has 0 N–H and O–H groups in total. The first-order valence-electron chi connectivity index (χ1n) is 8.82. The number of para-hydroxylation sites is 1. The average Bonchev–Trinajstić information content (AvgIpc) is 2.72. The monoisotopic (exact) mass is 351 g/mol. The molecule has 0 fully saturated rings. The van der Waals surface area contributed by atoms with Crippen LogP contribution in [0.15, 0.2) is 97.1 Å². The van der Waals surface area contributed by atoms with Crippen LogP contribution in [0.5, 0.6) is 0 Å². The minimum absolute atomic E-state index is 0.104. The maximum Gasteiger partial charge on any atom is 0.253 e. The van der Waals surface area contributed by atoms with E-state index in [0.29, 0.717) is 12.1 Å². The lowest BCUT2D eigenvalue weighted by molar-refractivity contribution is -0.115. The summed E-state index contributed by atoms with van der Waals surface area (Å²) in [6.45, 7) is 6.04. The molecular weight excluding hydrogens is 330 g/mol. The van der Waals surface area contributed by atoms with Crippen molar-refractivity contribution in [2.75, 3.05) is 4.90 Å². The molecule has 3 aromatic carbocycles. The van der Waals surface area contributed by atoms with E-state index in [1.807, 2.05) is 84.9 Å². The molecule has 0 radical (unpaired) electrons. The summed E-state index contributed by atoms with van der Waals surface area (Å²) in [5.41, 5.74) is 4.09. The minimum Gasteiger partial charge on any atom is -0.303 e. The fraction of sp³-hybridized carbons (Fsp3) is 0.0800. The number of benzene rings is 3. The molecule has 132 valence electrons. The van der Waals surface area contributed by atoms with Crippen molar-refractivity contribution in [1.82, 2.24) is 0 Å². The van der Waals surface area contributed by atoms with E-state index in [1.54, 1.807) is 11.8 Å². The second-order valence-corrected chi connectivity index (χ2v) is 6.29. The second kappa shape index (κ2) is 8.69. The predicted molar refractivity (Wildman–Crippen MR) is 111 cm³/mol. The maximum atomic E-state index is 12.9. The first kappa shape index (κ1) is 18.2. The molecule has 0 atom stereocenters. The van der Waals surface area contributed by atoms with Gasteiger partial charge < -0.3 is 4.90 Å². The predicted octanol–water partition coefficient (Wildman–Crippen LogP) is 5.20. The Morgan fingerprint density at radius 1 is 0.852 bits per heavy atom. The van der Waals surface area contributed by atoms with E-state index < -0.39 is 0 Å². The zero-order chi connectivity index (χ0) is 19.1. The summed E-state index contributed by atoms with van der Waals surface area (Å²) in [6.07, 6.45) is 0. The molecule has 0 spiro atoms. The van der Waals surface area contributed by atoms with Gasteiger partial charge in [-0.25, -0.2) is 0 Å². The summed E-state index contributed by atoms with van der Waals surface area (Å²) in [6, 6.07) is 27.5. The molecule has 2 nitrogen and oxygen atoms in total. The summed E-state index contributed by atoms with van der Waals surface area (Å²) in [5, 5.41) is 0. The number of carbonyl (C=O) groups is 1. The van der Waals surface area contributed by atoms with Crippen molar-refractivity contribution in [3.8, 4) is 11.8 Å². The summed E-state index contributed by atoms with van der Waals surface area (Å²) >= 11 is 0. The molecule has 0 saturated carbocycles. The van der Waals surface area contributed by atoms with Crippen LogP contribution in [0.25, 0.3) is 0 Å². The number of carbonyl (C=O) groups excluding carboxylic acids is 1. The van der Waals surface area contributed by atoms with Crippen LogP contribution in [0.2, 0.25) is 0 Å². The van der Waals surface area contributed by atoms with Gasteiger partial charge in [-0.1, -0.05) is 79.1 Å². The minimum atomic E-state index is -0.104. The summed E-state index contributed by atoms with van der Waals surface area (Å²) in [5.74, 6) is 6.29. The summed E-state index contributed by atoms with van der Waals surface area (Å²) in [7, 11) is 0. The lowest BCUT2D eigenvalue weighted by Crippen LogP contribution is -2.31. The van der Waals surface area contributed by atoms with E-state index in [1.165, 1.54) is 0 Å². The highest BCUT2D eigenvalue weighted by Gasteiger charge is 2.19. The third kappa shape index (κ3) is 4.74. The number of hydrogen-bond donors (Lipinski definition) is 0. The lowest BCUT2D eigenvalue weighted by Gasteiger charge is -2.24.